The van der Waals surface area contributed by atoms with Crippen LogP contribution in [0.5, 0.6) is 5.75 Å². The van der Waals surface area contributed by atoms with Crippen LogP contribution in [0.15, 0.2) is 17.4 Å². The predicted molar refractivity (Wildman–Crippen MR) is 90.9 cm³/mol. The number of ether oxygens (including phenoxy) is 1. The summed E-state index contributed by atoms with van der Waals surface area (Å²) in [7, 11) is 0. The van der Waals surface area contributed by atoms with Crippen LogP contribution in [0.1, 0.15) is 32.8 Å². The maximum atomic E-state index is 11.4. The van der Waals surface area contributed by atoms with E-state index in [1.165, 1.54) is 4.90 Å². The first-order chi connectivity index (χ1) is 11.2. The van der Waals surface area contributed by atoms with Gasteiger partial charge < -0.3 is 14.7 Å². The van der Waals surface area contributed by atoms with Crippen molar-refractivity contribution in [2.45, 2.75) is 45.8 Å². The Labute approximate surface area is 146 Å². The van der Waals surface area contributed by atoms with E-state index in [-0.39, 0.29) is 19.3 Å². The lowest BCUT2D eigenvalue weighted by Gasteiger charge is -2.32. The van der Waals surface area contributed by atoms with E-state index in [1.807, 2.05) is 27.7 Å². The van der Waals surface area contributed by atoms with E-state index in [0.29, 0.717) is 23.0 Å². The Balaban J connectivity index is 1.88. The maximum Gasteiger partial charge on any atom is 0.408 e. The molecule has 2 heterocycles. The van der Waals surface area contributed by atoms with Crippen LogP contribution in [-0.4, -0.2) is 51.6 Å². The molecule has 1 atom stereocenters. The second-order valence-corrected chi connectivity index (χ2v) is 7.10. The molecule has 24 heavy (non-hydrogen) atoms. The van der Waals surface area contributed by atoms with E-state index in [2.05, 4.69) is 10.1 Å². The number of hydrogen-bond acceptors (Lipinski definition) is 5. The molecular formula is C16H22ClN3O4. The number of aromatic nitrogens is 1. The number of hydrogen-bond donors (Lipinski definition) is 1. The number of carbonyl (C=O) groups is 1. The molecular weight excluding hydrogens is 334 g/mol. The molecule has 0 radical (unpaired) electrons. The second kappa shape index (κ2) is 7.25. The Hall–Kier alpha value is -2.02. The van der Waals surface area contributed by atoms with Crippen molar-refractivity contribution in [3.05, 3.63) is 23.0 Å². The maximum absolute atomic E-state index is 11.4. The van der Waals surface area contributed by atoms with Crippen molar-refractivity contribution < 1.29 is 19.5 Å². The highest BCUT2D eigenvalue weighted by Gasteiger charge is 2.31. The van der Waals surface area contributed by atoms with E-state index >= 15 is 0 Å². The summed E-state index contributed by atoms with van der Waals surface area (Å²) in [5.74, 6) is 0.496. The third-order valence-corrected chi connectivity index (χ3v) is 3.83. The fraction of sp³-hybridized carbons (Fsp3) is 0.562. The van der Waals surface area contributed by atoms with Crippen LogP contribution < -0.4 is 4.74 Å². The highest BCUT2D eigenvalue weighted by atomic mass is 35.5. The number of carboxylic acid groups (broad SMARTS) is 1. The summed E-state index contributed by atoms with van der Waals surface area (Å²) in [6.07, 6.45) is 0.918. The van der Waals surface area contributed by atoms with Crippen LogP contribution in [0.3, 0.4) is 0 Å². The molecule has 0 aromatic carbocycles. The zero-order valence-electron chi connectivity index (χ0n) is 14.2. The lowest BCUT2D eigenvalue weighted by Crippen LogP contribution is -2.47. The van der Waals surface area contributed by atoms with Gasteiger partial charge in [-0.25, -0.2) is 9.78 Å². The van der Waals surface area contributed by atoms with Crippen molar-refractivity contribution in [2.75, 3.05) is 13.2 Å². The molecule has 132 valence electrons. The molecule has 1 unspecified atom stereocenters. The number of halogens is 1. The molecule has 1 aliphatic heterocycles. The molecule has 0 saturated heterocycles. The largest absolute Gasteiger partial charge is 0.486 e. The van der Waals surface area contributed by atoms with Gasteiger partial charge in [0, 0.05) is 18.2 Å². The highest BCUT2D eigenvalue weighted by Crippen LogP contribution is 2.24. The summed E-state index contributed by atoms with van der Waals surface area (Å²) < 4.78 is 5.65. The second-order valence-electron chi connectivity index (χ2n) is 6.74. The third kappa shape index (κ3) is 4.74. The third-order valence-electron chi connectivity index (χ3n) is 3.54. The first-order valence-electron chi connectivity index (χ1n) is 7.64. The fourth-order valence-electron chi connectivity index (χ4n) is 2.25. The molecule has 0 spiro atoms. The van der Waals surface area contributed by atoms with E-state index in [0.717, 1.165) is 5.56 Å². The van der Waals surface area contributed by atoms with Gasteiger partial charge in [-0.15, -0.1) is 0 Å². The van der Waals surface area contributed by atoms with Gasteiger partial charge in [0.1, 0.15) is 6.61 Å². The van der Waals surface area contributed by atoms with Crippen LogP contribution in [0.25, 0.3) is 0 Å². The van der Waals surface area contributed by atoms with Crippen molar-refractivity contribution in [3.8, 4) is 5.75 Å². The van der Waals surface area contributed by atoms with Gasteiger partial charge in [0.2, 0.25) is 0 Å². The van der Waals surface area contributed by atoms with Gasteiger partial charge in [-0.1, -0.05) is 16.8 Å². The Morgan fingerprint density at radius 1 is 1.54 bits per heavy atom. The first kappa shape index (κ1) is 18.3. The number of oxime groups is 1. The van der Waals surface area contributed by atoms with Gasteiger partial charge >= 0.3 is 6.09 Å². The van der Waals surface area contributed by atoms with Gasteiger partial charge in [-0.2, -0.15) is 0 Å². The number of amides is 1. The molecule has 0 fully saturated rings. The molecule has 7 nitrogen and oxygen atoms in total. The number of aryl methyl sites for hydroxylation is 1. The molecule has 1 aromatic heterocycles. The van der Waals surface area contributed by atoms with E-state index in [9.17, 15) is 9.90 Å². The predicted octanol–water partition coefficient (Wildman–Crippen LogP) is 3.35. The molecule has 8 heteroatoms. The summed E-state index contributed by atoms with van der Waals surface area (Å²) in [5, 5.41) is 13.6. The van der Waals surface area contributed by atoms with Crippen LogP contribution >= 0.6 is 11.6 Å². The van der Waals surface area contributed by atoms with Gasteiger partial charge in [-0.05, 0) is 39.3 Å². The monoisotopic (exact) mass is 355 g/mol. The molecule has 1 N–H and O–H groups in total. The molecule has 2 rings (SSSR count). The summed E-state index contributed by atoms with van der Waals surface area (Å²) in [6, 6.07) is 1.80. The molecule has 1 amide bonds. The fourth-order valence-corrected chi connectivity index (χ4v) is 2.41. The van der Waals surface area contributed by atoms with E-state index in [4.69, 9.17) is 21.2 Å². The minimum Gasteiger partial charge on any atom is -0.486 e. The Bertz CT molecular complexity index is 643. The summed E-state index contributed by atoms with van der Waals surface area (Å²) >= 11 is 5.99. The van der Waals surface area contributed by atoms with Gasteiger partial charge in [-0.3, -0.25) is 4.90 Å². The van der Waals surface area contributed by atoms with Crippen LogP contribution in [0, 0.1) is 6.92 Å². The zero-order chi connectivity index (χ0) is 17.9. The van der Waals surface area contributed by atoms with Crippen molar-refractivity contribution in [2.24, 2.45) is 5.16 Å². The number of pyridine rings is 1. The Kier molecular flexibility index (Phi) is 5.54. The SMILES string of the molecule is Cc1cnc(Cl)c(OCC2CC(CN(C(=O)O)C(C)(C)C)=NO2)c1. The van der Waals surface area contributed by atoms with Crippen LogP contribution in [0.2, 0.25) is 5.15 Å². The van der Waals surface area contributed by atoms with Gasteiger partial charge in [0.25, 0.3) is 0 Å². The number of nitrogens with zero attached hydrogens (tertiary/aromatic N) is 3. The topological polar surface area (TPSA) is 84.2 Å². The summed E-state index contributed by atoms with van der Waals surface area (Å²) in [5.41, 5.74) is 1.11. The zero-order valence-corrected chi connectivity index (χ0v) is 15.0. The molecule has 0 aliphatic carbocycles. The van der Waals surface area contributed by atoms with Gasteiger partial charge in [0.05, 0.1) is 12.3 Å². The van der Waals surface area contributed by atoms with Crippen molar-refractivity contribution in [1.29, 1.82) is 0 Å². The lowest BCUT2D eigenvalue weighted by atomic mass is 10.1. The average molecular weight is 356 g/mol. The van der Waals surface area contributed by atoms with Gasteiger partial charge in [0.15, 0.2) is 17.0 Å². The minimum atomic E-state index is -0.984. The Morgan fingerprint density at radius 2 is 2.25 bits per heavy atom. The Morgan fingerprint density at radius 3 is 2.88 bits per heavy atom. The standard InChI is InChI=1S/C16H22ClN3O4/c1-10-5-13(14(17)18-7-10)23-9-12-6-11(19-24-12)8-20(15(21)22)16(2,3)4/h5,7,12H,6,8-9H2,1-4H3,(H,21,22). The molecule has 1 aromatic rings. The first-order valence-corrected chi connectivity index (χ1v) is 8.01. The van der Waals surface area contributed by atoms with Crippen molar-refractivity contribution in [3.63, 3.8) is 0 Å². The normalized spacial score (nSPS) is 17.2. The number of rotatable bonds is 5. The molecule has 0 saturated carbocycles. The average Bonchev–Trinajstić information content (AvgIpc) is 2.92. The molecule has 0 bridgehead atoms. The van der Waals surface area contributed by atoms with Crippen LogP contribution in [0.4, 0.5) is 4.79 Å². The summed E-state index contributed by atoms with van der Waals surface area (Å²) in [4.78, 5) is 22.1. The van der Waals surface area contributed by atoms with E-state index < -0.39 is 11.6 Å². The van der Waals surface area contributed by atoms with Crippen molar-refractivity contribution in [1.82, 2.24) is 9.88 Å². The summed E-state index contributed by atoms with van der Waals surface area (Å²) in [6.45, 7) is 7.89. The highest BCUT2D eigenvalue weighted by molar-refractivity contribution is 6.30. The quantitative estimate of drug-likeness (QED) is 0.819. The lowest BCUT2D eigenvalue weighted by molar-refractivity contribution is 0.0469. The van der Waals surface area contributed by atoms with E-state index in [1.54, 1.807) is 12.3 Å². The minimum absolute atomic E-state index is 0.210. The molecule has 1 aliphatic rings. The smallest absolute Gasteiger partial charge is 0.408 e. The van der Waals surface area contributed by atoms with Crippen molar-refractivity contribution >= 4 is 23.4 Å². The van der Waals surface area contributed by atoms with Crippen LogP contribution in [-0.2, 0) is 4.84 Å².